The van der Waals surface area contributed by atoms with E-state index in [1.807, 2.05) is 29.0 Å². The number of benzene rings is 1. The molecule has 0 aliphatic carbocycles. The second kappa shape index (κ2) is 9.49. The van der Waals surface area contributed by atoms with Crippen molar-refractivity contribution in [3.05, 3.63) is 79.6 Å². The van der Waals surface area contributed by atoms with Gasteiger partial charge in [-0.15, -0.1) is 22.7 Å². The van der Waals surface area contributed by atoms with Gasteiger partial charge in [-0.25, -0.2) is 4.98 Å². The summed E-state index contributed by atoms with van der Waals surface area (Å²) >= 11 is 3.07. The summed E-state index contributed by atoms with van der Waals surface area (Å²) in [5.74, 6) is 0.598. The van der Waals surface area contributed by atoms with Crippen molar-refractivity contribution in [2.75, 3.05) is 18.0 Å². The minimum absolute atomic E-state index is 0.0187. The van der Waals surface area contributed by atoms with E-state index in [-0.39, 0.29) is 17.4 Å². The van der Waals surface area contributed by atoms with Crippen LogP contribution in [0.15, 0.2) is 58.0 Å². The Kier molecular flexibility index (Phi) is 6.28. The third-order valence-electron chi connectivity index (χ3n) is 6.10. The maximum Gasteiger partial charge on any atom is 0.273 e. The zero-order chi connectivity index (χ0) is 22.8. The Morgan fingerprint density at radius 2 is 2.00 bits per heavy atom. The number of hydrogen-bond acceptors (Lipinski definition) is 6. The van der Waals surface area contributed by atoms with Gasteiger partial charge in [0.25, 0.3) is 5.56 Å². The van der Waals surface area contributed by atoms with E-state index >= 15 is 0 Å². The van der Waals surface area contributed by atoms with E-state index in [0.717, 1.165) is 35.3 Å². The van der Waals surface area contributed by atoms with Crippen LogP contribution in [0.4, 0.5) is 5.95 Å². The lowest BCUT2D eigenvalue weighted by molar-refractivity contribution is -0.125. The summed E-state index contributed by atoms with van der Waals surface area (Å²) < 4.78 is 2.45. The van der Waals surface area contributed by atoms with Crippen molar-refractivity contribution >= 4 is 44.7 Å². The molecule has 0 radical (unpaired) electrons. The monoisotopic (exact) mass is 478 g/mol. The summed E-state index contributed by atoms with van der Waals surface area (Å²) in [7, 11) is 0. The fourth-order valence-corrected chi connectivity index (χ4v) is 5.72. The largest absolute Gasteiger partial charge is 0.351 e. The Balaban J connectivity index is 1.42. The number of aromatic nitrogens is 2. The molecule has 1 aromatic carbocycles. The van der Waals surface area contributed by atoms with Crippen molar-refractivity contribution in [1.82, 2.24) is 14.9 Å². The van der Waals surface area contributed by atoms with E-state index in [1.165, 1.54) is 16.9 Å². The lowest BCUT2D eigenvalue weighted by atomic mass is 9.97. The third-order valence-corrected chi connectivity index (χ3v) is 7.87. The van der Waals surface area contributed by atoms with Gasteiger partial charge in [0.15, 0.2) is 0 Å². The Morgan fingerprint density at radius 3 is 2.79 bits per heavy atom. The molecular weight excluding hydrogens is 452 g/mol. The molecule has 1 unspecified atom stereocenters. The average molecular weight is 479 g/mol. The van der Waals surface area contributed by atoms with Crippen LogP contribution >= 0.6 is 22.7 Å². The highest BCUT2D eigenvalue weighted by atomic mass is 32.1. The van der Waals surface area contributed by atoms with Gasteiger partial charge in [0.1, 0.15) is 4.70 Å². The number of rotatable bonds is 6. The molecule has 0 spiro atoms. The zero-order valence-corrected chi connectivity index (χ0v) is 20.1. The average Bonchev–Trinajstić information content (AvgIpc) is 3.53. The van der Waals surface area contributed by atoms with Crippen LogP contribution in [0, 0.1) is 12.8 Å². The van der Waals surface area contributed by atoms with Crippen molar-refractivity contribution in [1.29, 1.82) is 0 Å². The lowest BCUT2D eigenvalue weighted by Gasteiger charge is -2.34. The first-order valence-corrected chi connectivity index (χ1v) is 12.9. The van der Waals surface area contributed by atoms with Crippen LogP contribution in [0.2, 0.25) is 0 Å². The number of amides is 1. The molecule has 170 valence electrons. The van der Waals surface area contributed by atoms with Gasteiger partial charge in [0.05, 0.1) is 24.5 Å². The molecule has 3 aromatic heterocycles. The van der Waals surface area contributed by atoms with E-state index in [0.29, 0.717) is 30.3 Å². The number of anilines is 1. The number of hydrogen-bond donors (Lipinski definition) is 1. The molecule has 8 heteroatoms. The molecule has 4 aromatic rings. The standard InChI is InChI=1S/C25H26N4O2S2/c1-17-6-8-18(9-7-17)15-29-24(31)22-21(10-13-33-22)27-25(29)28-11-2-4-19(16-28)23(30)26-14-20-5-3-12-32-20/h3,5-10,12-13,19H,2,4,11,14-16H2,1H3,(H,26,30). The van der Waals surface area contributed by atoms with E-state index in [9.17, 15) is 9.59 Å². The molecule has 33 heavy (non-hydrogen) atoms. The number of thiophene rings is 2. The van der Waals surface area contributed by atoms with Gasteiger partial charge in [-0.1, -0.05) is 35.9 Å². The third kappa shape index (κ3) is 4.72. The highest BCUT2D eigenvalue weighted by molar-refractivity contribution is 7.17. The molecule has 1 fully saturated rings. The number of carbonyl (C=O) groups is 1. The van der Waals surface area contributed by atoms with Gasteiger partial charge in [0, 0.05) is 18.0 Å². The number of carbonyl (C=O) groups excluding carboxylic acids is 1. The van der Waals surface area contributed by atoms with Crippen LogP contribution in [-0.4, -0.2) is 28.5 Å². The first-order chi connectivity index (χ1) is 16.1. The zero-order valence-electron chi connectivity index (χ0n) is 18.5. The molecule has 1 aliphatic heterocycles. The second-order valence-electron chi connectivity index (χ2n) is 8.51. The minimum Gasteiger partial charge on any atom is -0.351 e. The molecular formula is C25H26N4O2S2. The summed E-state index contributed by atoms with van der Waals surface area (Å²) in [5, 5.41) is 7.01. The number of nitrogens with one attached hydrogen (secondary N) is 1. The van der Waals surface area contributed by atoms with Gasteiger partial charge in [0.2, 0.25) is 11.9 Å². The predicted molar refractivity (Wildman–Crippen MR) is 135 cm³/mol. The van der Waals surface area contributed by atoms with E-state index in [1.54, 1.807) is 15.9 Å². The van der Waals surface area contributed by atoms with Gasteiger partial charge in [-0.3, -0.25) is 14.2 Å². The van der Waals surface area contributed by atoms with Crippen LogP contribution < -0.4 is 15.8 Å². The Morgan fingerprint density at radius 1 is 1.15 bits per heavy atom. The van der Waals surface area contributed by atoms with Crippen LogP contribution in [0.3, 0.4) is 0 Å². The molecule has 1 aliphatic rings. The molecule has 5 rings (SSSR count). The first-order valence-electron chi connectivity index (χ1n) is 11.2. The number of piperidine rings is 1. The van der Waals surface area contributed by atoms with E-state index in [4.69, 9.17) is 4.98 Å². The number of nitrogens with zero attached hydrogens (tertiary/aromatic N) is 3. The van der Waals surface area contributed by atoms with Crippen LogP contribution in [0.5, 0.6) is 0 Å². The number of fused-ring (bicyclic) bond motifs is 1. The molecule has 6 nitrogen and oxygen atoms in total. The van der Waals surface area contributed by atoms with Gasteiger partial charge >= 0.3 is 0 Å². The normalized spacial score (nSPS) is 16.3. The minimum atomic E-state index is -0.124. The van der Waals surface area contributed by atoms with Crippen molar-refractivity contribution in [3.8, 4) is 0 Å². The fourth-order valence-electron chi connectivity index (χ4n) is 4.30. The van der Waals surface area contributed by atoms with Crippen molar-refractivity contribution in [2.24, 2.45) is 5.92 Å². The molecule has 4 heterocycles. The Labute approximate surface area is 200 Å². The van der Waals surface area contributed by atoms with Gasteiger partial charge < -0.3 is 10.2 Å². The summed E-state index contributed by atoms with van der Waals surface area (Å²) in [4.78, 5) is 34.4. The summed E-state index contributed by atoms with van der Waals surface area (Å²) in [6.45, 7) is 4.42. The Hall–Kier alpha value is -2.97. The van der Waals surface area contributed by atoms with Gasteiger partial charge in [-0.05, 0) is 48.2 Å². The fraction of sp³-hybridized carbons (Fsp3) is 0.320. The van der Waals surface area contributed by atoms with Crippen LogP contribution in [0.1, 0.15) is 28.8 Å². The lowest BCUT2D eigenvalue weighted by Crippen LogP contribution is -2.45. The second-order valence-corrected chi connectivity index (χ2v) is 10.5. The SMILES string of the molecule is Cc1ccc(Cn2c(N3CCCC(C(=O)NCc4cccs4)C3)nc3ccsc3c2=O)cc1. The molecule has 1 atom stereocenters. The van der Waals surface area contributed by atoms with Crippen molar-refractivity contribution in [2.45, 2.75) is 32.9 Å². The molecule has 0 saturated carbocycles. The predicted octanol–water partition coefficient (Wildman–Crippen LogP) is 4.41. The maximum absolute atomic E-state index is 13.4. The van der Waals surface area contributed by atoms with Crippen molar-refractivity contribution < 1.29 is 4.79 Å². The molecule has 1 N–H and O–H groups in total. The van der Waals surface area contributed by atoms with E-state index < -0.39 is 0 Å². The molecule has 1 saturated heterocycles. The van der Waals surface area contributed by atoms with E-state index in [2.05, 4.69) is 41.4 Å². The Bertz CT molecular complexity index is 1310. The van der Waals surface area contributed by atoms with Crippen LogP contribution in [0.25, 0.3) is 10.2 Å². The first kappa shape index (κ1) is 21.9. The van der Waals surface area contributed by atoms with Crippen molar-refractivity contribution in [3.63, 3.8) is 0 Å². The quantitative estimate of drug-likeness (QED) is 0.446. The van der Waals surface area contributed by atoms with Crippen LogP contribution in [-0.2, 0) is 17.9 Å². The highest BCUT2D eigenvalue weighted by Crippen LogP contribution is 2.25. The maximum atomic E-state index is 13.4. The molecule has 1 amide bonds. The summed E-state index contributed by atoms with van der Waals surface area (Å²) in [5.41, 5.74) is 2.95. The summed E-state index contributed by atoms with van der Waals surface area (Å²) in [6, 6.07) is 14.2. The highest BCUT2D eigenvalue weighted by Gasteiger charge is 2.28. The van der Waals surface area contributed by atoms with Gasteiger partial charge in [-0.2, -0.15) is 0 Å². The number of aryl methyl sites for hydroxylation is 1. The topological polar surface area (TPSA) is 67.2 Å². The molecule has 0 bridgehead atoms. The smallest absolute Gasteiger partial charge is 0.273 e. The summed E-state index contributed by atoms with van der Waals surface area (Å²) in [6.07, 6.45) is 1.73.